The highest BCUT2D eigenvalue weighted by Gasteiger charge is 2.39. The van der Waals surface area contributed by atoms with Crippen LogP contribution in [0.25, 0.3) is 22.3 Å². The molecule has 0 fully saturated rings. The highest BCUT2D eigenvalue weighted by atomic mass is 19.4. The lowest BCUT2D eigenvalue weighted by molar-refractivity contribution is -0.199. The molecule has 1 N–H and O–H groups in total. The number of benzene rings is 2. The summed E-state index contributed by atoms with van der Waals surface area (Å²) in [5, 5.41) is 14.0. The maximum Gasteiger partial charge on any atom is 0.416 e. The number of hydrogen-bond acceptors (Lipinski definition) is 7. The van der Waals surface area contributed by atoms with Gasteiger partial charge in [0, 0.05) is 48.4 Å². The first-order chi connectivity index (χ1) is 16.2. The molecule has 8 nitrogen and oxygen atoms in total. The van der Waals surface area contributed by atoms with Crippen LogP contribution in [0, 0.1) is 0 Å². The van der Waals surface area contributed by atoms with Crippen LogP contribution in [0.15, 0.2) is 55.0 Å². The van der Waals surface area contributed by atoms with E-state index in [1.807, 2.05) is 0 Å². The first kappa shape index (κ1) is 23.3. The average Bonchev–Trinajstić information content (AvgIpc) is 3.26. The van der Waals surface area contributed by atoms with Crippen LogP contribution in [0.5, 0.6) is 11.5 Å². The van der Waals surface area contributed by atoms with Gasteiger partial charge in [0.25, 0.3) is 0 Å². The van der Waals surface area contributed by atoms with Crippen molar-refractivity contribution in [3.63, 3.8) is 0 Å². The molecule has 0 aliphatic heterocycles. The van der Waals surface area contributed by atoms with Gasteiger partial charge in [0.05, 0.1) is 49.9 Å². The molecule has 4 aromatic rings. The normalized spacial score (nSPS) is 12.6. The summed E-state index contributed by atoms with van der Waals surface area (Å²) >= 11 is 0. The van der Waals surface area contributed by atoms with Gasteiger partial charge in [0.1, 0.15) is 11.5 Å². The van der Waals surface area contributed by atoms with Crippen LogP contribution in [0.2, 0.25) is 0 Å². The van der Waals surface area contributed by atoms with E-state index in [0.717, 1.165) is 5.56 Å². The number of hydrogen-bond donors (Lipinski definition) is 1. The van der Waals surface area contributed by atoms with E-state index in [1.54, 1.807) is 66.7 Å². The molecule has 2 heterocycles. The number of aliphatic hydroxyl groups excluding tert-OH is 1. The minimum atomic E-state index is -4.80. The van der Waals surface area contributed by atoms with Crippen molar-refractivity contribution >= 4 is 22.4 Å². The van der Waals surface area contributed by atoms with Crippen molar-refractivity contribution in [3.8, 4) is 22.8 Å². The van der Waals surface area contributed by atoms with E-state index < -0.39 is 18.8 Å². The summed E-state index contributed by atoms with van der Waals surface area (Å²) < 4.78 is 52.0. The number of halogens is 3. The number of nitrogens with zero attached hydrogens (tertiary/aromatic N) is 5. The van der Waals surface area contributed by atoms with Crippen LogP contribution < -0.4 is 14.4 Å². The molecule has 11 heteroatoms. The van der Waals surface area contributed by atoms with Gasteiger partial charge in [-0.15, -0.1) is 0 Å². The van der Waals surface area contributed by atoms with Crippen molar-refractivity contribution in [2.45, 2.75) is 12.3 Å². The van der Waals surface area contributed by atoms with Gasteiger partial charge in [-0.3, -0.25) is 9.67 Å². The first-order valence-electron chi connectivity index (χ1n) is 10.2. The van der Waals surface area contributed by atoms with Crippen molar-refractivity contribution < 1.29 is 27.8 Å². The fourth-order valence-corrected chi connectivity index (χ4v) is 3.44. The smallest absolute Gasteiger partial charge is 0.416 e. The third-order valence-corrected chi connectivity index (χ3v) is 5.22. The van der Waals surface area contributed by atoms with Gasteiger partial charge < -0.3 is 19.5 Å². The second-order valence-corrected chi connectivity index (χ2v) is 7.57. The van der Waals surface area contributed by atoms with Crippen LogP contribution in [-0.4, -0.2) is 57.9 Å². The maximum atomic E-state index is 13.3. The van der Waals surface area contributed by atoms with Crippen molar-refractivity contribution in [2.24, 2.45) is 7.05 Å². The Bertz CT molecular complexity index is 1290. The molecule has 2 aromatic heterocycles. The van der Waals surface area contributed by atoms with Crippen LogP contribution in [-0.2, 0) is 7.05 Å². The molecule has 0 bridgehead atoms. The SMILES string of the molecule is COc1cc(OC)cc(N(CC(O)C(F)(F)F)c2ccc3ncc(-c4cnn(C)c4)nc3c2)c1. The highest BCUT2D eigenvalue weighted by molar-refractivity contribution is 5.82. The molecule has 4 rings (SSSR count). The molecular formula is C23H22F3N5O3. The molecule has 34 heavy (non-hydrogen) atoms. The fourth-order valence-electron chi connectivity index (χ4n) is 3.44. The van der Waals surface area contributed by atoms with Crippen LogP contribution in [0.1, 0.15) is 0 Å². The summed E-state index contributed by atoms with van der Waals surface area (Å²) in [5.41, 5.74) is 3.09. The highest BCUT2D eigenvalue weighted by Crippen LogP contribution is 2.35. The molecule has 178 valence electrons. The second-order valence-electron chi connectivity index (χ2n) is 7.57. The van der Waals surface area contributed by atoms with Crippen LogP contribution >= 0.6 is 0 Å². The Morgan fingerprint density at radius 3 is 2.29 bits per heavy atom. The first-order valence-corrected chi connectivity index (χ1v) is 10.2. The van der Waals surface area contributed by atoms with Gasteiger partial charge >= 0.3 is 6.18 Å². The van der Waals surface area contributed by atoms with E-state index in [1.165, 1.54) is 19.1 Å². The Morgan fingerprint density at radius 2 is 1.71 bits per heavy atom. The maximum absolute atomic E-state index is 13.3. The summed E-state index contributed by atoms with van der Waals surface area (Å²) in [6.45, 7) is -0.749. The molecular weight excluding hydrogens is 451 g/mol. The Morgan fingerprint density at radius 1 is 1.00 bits per heavy atom. The van der Waals surface area contributed by atoms with Crippen LogP contribution in [0.3, 0.4) is 0 Å². The van der Waals surface area contributed by atoms with E-state index in [-0.39, 0.29) is 0 Å². The molecule has 0 spiro atoms. The summed E-state index contributed by atoms with van der Waals surface area (Å²) in [6, 6.07) is 9.64. The Hall–Kier alpha value is -3.86. The van der Waals surface area contributed by atoms with Gasteiger partial charge in [-0.05, 0) is 18.2 Å². The van der Waals surface area contributed by atoms with E-state index in [4.69, 9.17) is 9.47 Å². The number of rotatable bonds is 7. The standard InChI is InChI=1S/C23H22F3N5O3/c1-30-12-14(10-28-30)21-11-27-19-5-4-15(8-20(19)29-21)31(13-22(32)23(24,25)26)16-6-17(33-2)9-18(7-16)34-3/h4-12,22,32H,13H2,1-3H3. The van der Waals surface area contributed by atoms with Gasteiger partial charge in [0.15, 0.2) is 6.10 Å². The molecule has 1 unspecified atom stereocenters. The van der Waals surface area contributed by atoms with Crippen molar-refractivity contribution in [3.05, 3.63) is 55.0 Å². The average molecular weight is 473 g/mol. The minimum absolute atomic E-state index is 0.343. The predicted molar refractivity (Wildman–Crippen MR) is 120 cm³/mol. The van der Waals surface area contributed by atoms with Gasteiger partial charge in [-0.1, -0.05) is 0 Å². The van der Waals surface area contributed by atoms with E-state index in [0.29, 0.717) is 39.6 Å². The molecule has 0 radical (unpaired) electrons. The third kappa shape index (κ3) is 4.88. The number of aryl methyl sites for hydroxylation is 1. The zero-order valence-corrected chi connectivity index (χ0v) is 18.6. The lowest BCUT2D eigenvalue weighted by Crippen LogP contribution is -2.39. The van der Waals surface area contributed by atoms with Gasteiger partial charge in [-0.25, -0.2) is 4.98 Å². The number of aliphatic hydroxyl groups is 1. The van der Waals surface area contributed by atoms with Crippen molar-refractivity contribution in [1.82, 2.24) is 19.7 Å². The molecule has 0 amide bonds. The monoisotopic (exact) mass is 473 g/mol. The zero-order chi connectivity index (χ0) is 24.5. The Balaban J connectivity index is 1.82. The van der Waals surface area contributed by atoms with E-state index >= 15 is 0 Å². The molecule has 1 atom stereocenters. The summed E-state index contributed by atoms with van der Waals surface area (Å²) in [6.07, 6.45) is -2.35. The number of methoxy groups -OCH3 is 2. The molecule has 0 saturated carbocycles. The number of alkyl halides is 3. The lowest BCUT2D eigenvalue weighted by Gasteiger charge is -2.29. The molecule has 0 aliphatic carbocycles. The molecule has 2 aromatic carbocycles. The lowest BCUT2D eigenvalue weighted by atomic mass is 10.1. The fraction of sp³-hybridized carbons (Fsp3) is 0.261. The largest absolute Gasteiger partial charge is 0.497 e. The topological polar surface area (TPSA) is 85.5 Å². The molecule has 0 aliphatic rings. The Labute approximate surface area is 193 Å². The van der Waals surface area contributed by atoms with Crippen LogP contribution in [0.4, 0.5) is 24.5 Å². The van der Waals surface area contributed by atoms with Gasteiger partial charge in [-0.2, -0.15) is 18.3 Å². The van der Waals surface area contributed by atoms with E-state index in [9.17, 15) is 18.3 Å². The third-order valence-electron chi connectivity index (χ3n) is 5.22. The molecule has 0 saturated heterocycles. The van der Waals surface area contributed by atoms with Crippen molar-refractivity contribution in [2.75, 3.05) is 25.7 Å². The summed E-state index contributed by atoms with van der Waals surface area (Å²) in [4.78, 5) is 10.4. The summed E-state index contributed by atoms with van der Waals surface area (Å²) in [7, 11) is 4.67. The zero-order valence-electron chi connectivity index (χ0n) is 18.6. The van der Waals surface area contributed by atoms with E-state index in [2.05, 4.69) is 15.1 Å². The number of fused-ring (bicyclic) bond motifs is 1. The summed E-state index contributed by atoms with van der Waals surface area (Å²) in [5.74, 6) is 0.778. The quantitative estimate of drug-likeness (QED) is 0.432. The number of ether oxygens (including phenoxy) is 2. The van der Waals surface area contributed by atoms with Crippen molar-refractivity contribution in [1.29, 1.82) is 0 Å². The van der Waals surface area contributed by atoms with Gasteiger partial charge in [0.2, 0.25) is 0 Å². The predicted octanol–water partition coefficient (Wildman–Crippen LogP) is 4.11. The number of aromatic nitrogens is 4. The second kappa shape index (κ2) is 9.18. The number of anilines is 2. The Kier molecular flexibility index (Phi) is 6.29. The minimum Gasteiger partial charge on any atom is -0.497 e.